The van der Waals surface area contributed by atoms with E-state index in [-0.39, 0.29) is 18.5 Å². The molecular weight excluding hydrogens is 983 g/mol. The van der Waals surface area contributed by atoms with Crippen molar-refractivity contribution >= 4 is 11.9 Å². The maximum absolute atomic E-state index is 12.6. The second-order valence-electron chi connectivity index (χ2n) is 26.0. The topological polar surface area (TPSA) is 95.9 Å². The Morgan fingerprint density at radius 1 is 0.300 bits per heavy atom. The number of carbonyl (C=O) groups excluding carboxylic acids is 2. The molecule has 0 aromatic rings. The number of ether oxygens (including phenoxy) is 1. The van der Waals surface area contributed by atoms with Crippen LogP contribution in [0.5, 0.6) is 0 Å². The molecule has 0 fully saturated rings. The number of amides is 1. The molecule has 0 aromatic heterocycles. The van der Waals surface area contributed by atoms with Crippen LogP contribution in [0.3, 0.4) is 0 Å². The molecule has 1 amide bonds. The molecule has 0 radical (unpaired) electrons. The number of aliphatic hydroxyl groups is 2. The molecule has 6 nitrogen and oxygen atoms in total. The molecule has 0 aromatic carbocycles. The Bertz CT molecular complexity index is 1160. The highest BCUT2D eigenvalue weighted by molar-refractivity contribution is 5.76. The lowest BCUT2D eigenvalue weighted by Crippen LogP contribution is -2.45. The number of rotatable bonds is 71. The van der Waals surface area contributed by atoms with Gasteiger partial charge in [0.05, 0.1) is 25.4 Å². The lowest BCUT2D eigenvalue weighted by atomic mass is 10.0. The van der Waals surface area contributed by atoms with Crippen molar-refractivity contribution in [1.82, 2.24) is 5.32 Å². The minimum Gasteiger partial charge on any atom is -0.466 e. The Labute approximate surface area is 502 Å². The van der Waals surface area contributed by atoms with Crippen LogP contribution in [-0.2, 0) is 14.3 Å². The Balaban J connectivity index is 3.35. The number of aliphatic hydroxyl groups excluding tert-OH is 2. The Morgan fingerprint density at radius 2 is 0.512 bits per heavy atom. The standard InChI is InChI=1S/C74H147NO5/c1-3-5-7-9-11-13-15-17-19-21-22-23-28-31-35-38-42-46-50-54-58-62-66-72(77)71(70-76)75-73(78)67-63-59-55-51-47-43-39-36-32-29-26-24-25-27-30-33-37-41-45-49-53-57-61-65-69-80-74(79)68-64-60-56-52-48-44-40-34-20-18-16-14-12-10-8-6-4-2/h71-72,76-77H,3-70H2,1-2H3,(H,75,78). The van der Waals surface area contributed by atoms with E-state index in [1.165, 1.54) is 366 Å². The van der Waals surface area contributed by atoms with Crippen molar-refractivity contribution in [2.24, 2.45) is 0 Å². The molecule has 0 spiro atoms. The molecule has 0 bridgehead atoms. The predicted octanol–water partition coefficient (Wildman–Crippen LogP) is 24.2. The van der Waals surface area contributed by atoms with Crippen LogP contribution < -0.4 is 5.32 Å². The van der Waals surface area contributed by atoms with Gasteiger partial charge in [0.1, 0.15) is 0 Å². The van der Waals surface area contributed by atoms with Crippen molar-refractivity contribution in [2.75, 3.05) is 13.2 Å². The van der Waals surface area contributed by atoms with E-state index in [1.807, 2.05) is 0 Å². The SMILES string of the molecule is CCCCCCCCCCCCCCCCCCCCCCCCC(O)C(CO)NC(=O)CCCCCCCCCCCCCCCCCCCCCCCCCCOC(=O)CCCCCCCCCCCCCCCCCCC. The summed E-state index contributed by atoms with van der Waals surface area (Å²) >= 11 is 0. The molecule has 80 heavy (non-hydrogen) atoms. The molecule has 0 rings (SSSR count). The van der Waals surface area contributed by atoms with Gasteiger partial charge in [-0.3, -0.25) is 9.59 Å². The van der Waals surface area contributed by atoms with Crippen LogP contribution >= 0.6 is 0 Å². The first kappa shape index (κ1) is 78.9. The maximum atomic E-state index is 12.6. The van der Waals surface area contributed by atoms with Crippen LogP contribution in [0.2, 0.25) is 0 Å². The molecule has 0 heterocycles. The van der Waals surface area contributed by atoms with Gasteiger partial charge in [-0.25, -0.2) is 0 Å². The van der Waals surface area contributed by atoms with Crippen LogP contribution in [0.25, 0.3) is 0 Å². The highest BCUT2D eigenvalue weighted by Gasteiger charge is 2.20. The third-order valence-corrected chi connectivity index (χ3v) is 17.9. The summed E-state index contributed by atoms with van der Waals surface area (Å²) in [7, 11) is 0. The van der Waals surface area contributed by atoms with E-state index >= 15 is 0 Å². The lowest BCUT2D eigenvalue weighted by molar-refractivity contribution is -0.143. The van der Waals surface area contributed by atoms with Gasteiger partial charge < -0.3 is 20.3 Å². The third-order valence-electron chi connectivity index (χ3n) is 17.9. The third kappa shape index (κ3) is 66.0. The minimum absolute atomic E-state index is 0.0211. The van der Waals surface area contributed by atoms with Gasteiger partial charge in [-0.05, 0) is 25.7 Å². The number of hydrogen-bond donors (Lipinski definition) is 3. The molecule has 0 aliphatic carbocycles. The summed E-state index contributed by atoms with van der Waals surface area (Å²) in [6.45, 7) is 5.01. The summed E-state index contributed by atoms with van der Waals surface area (Å²) in [6, 6.07) is -0.541. The predicted molar refractivity (Wildman–Crippen MR) is 352 cm³/mol. The van der Waals surface area contributed by atoms with Crippen molar-refractivity contribution in [3.05, 3.63) is 0 Å². The minimum atomic E-state index is -0.664. The van der Waals surface area contributed by atoms with Crippen LogP contribution in [-0.4, -0.2) is 47.4 Å². The fraction of sp³-hybridized carbons (Fsp3) is 0.973. The maximum Gasteiger partial charge on any atom is 0.305 e. The van der Waals surface area contributed by atoms with Crippen LogP contribution in [0.1, 0.15) is 438 Å². The number of unbranched alkanes of at least 4 members (excludes halogenated alkanes) is 60. The number of carbonyl (C=O) groups is 2. The molecule has 0 aliphatic heterocycles. The second-order valence-corrected chi connectivity index (χ2v) is 26.0. The Morgan fingerprint density at radius 3 is 0.762 bits per heavy atom. The van der Waals surface area contributed by atoms with Crippen LogP contribution in [0.4, 0.5) is 0 Å². The van der Waals surface area contributed by atoms with Gasteiger partial charge in [-0.15, -0.1) is 0 Å². The van der Waals surface area contributed by atoms with Crippen molar-refractivity contribution in [3.8, 4) is 0 Å². The normalized spacial score (nSPS) is 12.4. The van der Waals surface area contributed by atoms with Gasteiger partial charge in [-0.2, -0.15) is 0 Å². The highest BCUT2D eigenvalue weighted by atomic mass is 16.5. The summed E-state index contributed by atoms with van der Waals surface area (Å²) in [6.07, 6.45) is 85.9. The number of nitrogens with one attached hydrogen (secondary N) is 1. The first-order valence-corrected chi connectivity index (χ1v) is 37.3. The van der Waals surface area contributed by atoms with Crippen molar-refractivity contribution < 1.29 is 24.5 Å². The fourth-order valence-electron chi connectivity index (χ4n) is 12.2. The van der Waals surface area contributed by atoms with Crippen LogP contribution in [0.15, 0.2) is 0 Å². The summed E-state index contributed by atoms with van der Waals surface area (Å²) in [4.78, 5) is 24.7. The van der Waals surface area contributed by atoms with Gasteiger partial charge in [0.2, 0.25) is 5.91 Å². The van der Waals surface area contributed by atoms with E-state index in [4.69, 9.17) is 4.74 Å². The van der Waals surface area contributed by atoms with E-state index in [0.717, 1.165) is 38.5 Å². The monoisotopic (exact) mass is 1130 g/mol. The molecule has 3 N–H and O–H groups in total. The van der Waals surface area contributed by atoms with Crippen molar-refractivity contribution in [2.45, 2.75) is 450 Å². The van der Waals surface area contributed by atoms with Gasteiger partial charge >= 0.3 is 5.97 Å². The van der Waals surface area contributed by atoms with E-state index in [1.54, 1.807) is 0 Å². The Kier molecular flexibility index (Phi) is 69.3. The van der Waals surface area contributed by atoms with Gasteiger partial charge in [0.25, 0.3) is 0 Å². The first-order chi connectivity index (χ1) is 39.5. The molecule has 6 heteroatoms. The lowest BCUT2D eigenvalue weighted by Gasteiger charge is -2.22. The largest absolute Gasteiger partial charge is 0.466 e. The van der Waals surface area contributed by atoms with E-state index < -0.39 is 12.1 Å². The molecule has 0 saturated carbocycles. The number of esters is 1. The zero-order valence-corrected chi connectivity index (χ0v) is 54.9. The summed E-state index contributed by atoms with van der Waals surface area (Å²) < 4.78 is 5.51. The molecule has 478 valence electrons. The quantitative estimate of drug-likeness (QED) is 0.0417. The second kappa shape index (κ2) is 70.3. The number of hydrogen-bond acceptors (Lipinski definition) is 5. The highest BCUT2D eigenvalue weighted by Crippen LogP contribution is 2.20. The van der Waals surface area contributed by atoms with Gasteiger partial charge in [-0.1, -0.05) is 399 Å². The molecule has 2 unspecified atom stereocenters. The zero-order valence-electron chi connectivity index (χ0n) is 54.9. The van der Waals surface area contributed by atoms with E-state index in [9.17, 15) is 19.8 Å². The average Bonchev–Trinajstić information content (AvgIpc) is 3.46. The molecule has 2 atom stereocenters. The summed E-state index contributed by atoms with van der Waals surface area (Å²) in [5.74, 6) is -0.00669. The molecule has 0 saturated heterocycles. The van der Waals surface area contributed by atoms with Gasteiger partial charge in [0.15, 0.2) is 0 Å². The summed E-state index contributed by atoms with van der Waals surface area (Å²) in [5, 5.41) is 23.4. The fourth-order valence-corrected chi connectivity index (χ4v) is 12.2. The summed E-state index contributed by atoms with van der Waals surface area (Å²) in [5.41, 5.74) is 0. The average molecular weight is 1130 g/mol. The smallest absolute Gasteiger partial charge is 0.305 e. The van der Waals surface area contributed by atoms with Crippen molar-refractivity contribution in [3.63, 3.8) is 0 Å². The Hall–Kier alpha value is -1.14. The van der Waals surface area contributed by atoms with Crippen LogP contribution in [0, 0.1) is 0 Å². The van der Waals surface area contributed by atoms with Gasteiger partial charge in [0, 0.05) is 12.8 Å². The first-order valence-electron chi connectivity index (χ1n) is 37.3. The molecule has 0 aliphatic rings. The van der Waals surface area contributed by atoms with E-state index in [2.05, 4.69) is 19.2 Å². The van der Waals surface area contributed by atoms with Crippen molar-refractivity contribution in [1.29, 1.82) is 0 Å². The zero-order chi connectivity index (χ0) is 57.8. The molecular formula is C74H147NO5. The van der Waals surface area contributed by atoms with E-state index in [0.29, 0.717) is 25.9 Å².